The minimum absolute atomic E-state index is 0.0315. The van der Waals surface area contributed by atoms with E-state index in [4.69, 9.17) is 25.9 Å². The number of amides is 4. The van der Waals surface area contributed by atoms with Crippen LogP contribution in [-0.4, -0.2) is 89.3 Å². The third kappa shape index (κ3) is 10.1. The lowest BCUT2D eigenvalue weighted by molar-refractivity contribution is -0.148. The summed E-state index contributed by atoms with van der Waals surface area (Å²) in [4.78, 5) is 75.5. The standard InChI is InChI=1S/C44H49ClFN5O8/c1-25(2)24-57-42(55)28-13-15-29(16-14-28)48-39(52)38-32-10-7-9-30(27-17-20-50(21-18-27)40(53)26(3)47-43(56)58-44(4,5)6)31(32)19-22-51(38)41(54)36-23-35(49-59-36)33-11-8-12-34(45)37(33)46/h7-17,25-26,36,38H,18-24H2,1-6H3,(H,47,56)(H,48,52)/t26-,36+,38-/m0/s1. The molecule has 6 rings (SSSR count). The van der Waals surface area contributed by atoms with E-state index >= 15 is 0 Å². The Hall–Kier alpha value is -5.76. The molecule has 2 N–H and O–H groups in total. The summed E-state index contributed by atoms with van der Waals surface area (Å²) in [5.41, 5.74) is 3.77. The SMILES string of the molecule is CC(C)COC(=O)c1ccc(NC(=O)[C@@H]2c3cccc(C4=CCN(C(=O)[C@H](C)NC(=O)OC(C)(C)C)CC4)c3CCN2C(=O)[C@H]2CC(c3cccc(Cl)c3F)=NO2)cc1. The summed E-state index contributed by atoms with van der Waals surface area (Å²) in [6.07, 6.45) is 1.08. The van der Waals surface area contributed by atoms with Crippen LogP contribution in [0.25, 0.3) is 5.57 Å². The number of carbonyl (C=O) groups excluding carboxylic acids is 5. The lowest BCUT2D eigenvalue weighted by Crippen LogP contribution is -2.49. The van der Waals surface area contributed by atoms with Crippen LogP contribution in [0.1, 0.15) is 93.0 Å². The highest BCUT2D eigenvalue weighted by atomic mass is 35.5. The fourth-order valence-corrected chi connectivity index (χ4v) is 7.41. The molecule has 3 aliphatic heterocycles. The van der Waals surface area contributed by atoms with Crippen molar-refractivity contribution in [2.24, 2.45) is 11.1 Å². The Morgan fingerprint density at radius 3 is 2.36 bits per heavy atom. The van der Waals surface area contributed by atoms with Gasteiger partial charge in [0.1, 0.15) is 17.7 Å². The highest BCUT2D eigenvalue weighted by Gasteiger charge is 2.42. The Labute approximate surface area is 347 Å². The van der Waals surface area contributed by atoms with Crippen LogP contribution in [-0.2, 0) is 35.1 Å². The van der Waals surface area contributed by atoms with E-state index in [1.54, 1.807) is 62.9 Å². The van der Waals surface area contributed by atoms with Crippen molar-refractivity contribution in [3.8, 4) is 0 Å². The van der Waals surface area contributed by atoms with Gasteiger partial charge in [0.25, 0.3) is 11.8 Å². The third-order valence-electron chi connectivity index (χ3n) is 10.1. The molecule has 0 saturated heterocycles. The van der Waals surface area contributed by atoms with Gasteiger partial charge in [-0.2, -0.15) is 0 Å². The molecule has 312 valence electrons. The molecule has 0 fully saturated rings. The van der Waals surface area contributed by atoms with Crippen LogP contribution in [0, 0.1) is 11.7 Å². The fourth-order valence-electron chi connectivity index (χ4n) is 7.23. The van der Waals surface area contributed by atoms with Gasteiger partial charge in [0.05, 0.1) is 22.9 Å². The first-order valence-corrected chi connectivity index (χ1v) is 20.0. The van der Waals surface area contributed by atoms with Gasteiger partial charge < -0.3 is 34.7 Å². The zero-order chi connectivity index (χ0) is 42.6. The average Bonchev–Trinajstić information content (AvgIpc) is 3.69. The van der Waals surface area contributed by atoms with Gasteiger partial charge in [0.15, 0.2) is 5.82 Å². The first kappa shape index (κ1) is 42.8. The van der Waals surface area contributed by atoms with E-state index in [0.717, 1.165) is 16.7 Å². The van der Waals surface area contributed by atoms with Gasteiger partial charge >= 0.3 is 12.1 Å². The summed E-state index contributed by atoms with van der Waals surface area (Å²) in [5, 5.41) is 9.49. The van der Waals surface area contributed by atoms with E-state index in [0.29, 0.717) is 42.7 Å². The van der Waals surface area contributed by atoms with Crippen LogP contribution in [0.15, 0.2) is 71.9 Å². The van der Waals surface area contributed by atoms with E-state index < -0.39 is 53.5 Å². The number of nitrogens with zero attached hydrogens (tertiary/aromatic N) is 3. The van der Waals surface area contributed by atoms with Gasteiger partial charge in [-0.15, -0.1) is 0 Å². The van der Waals surface area contributed by atoms with Crippen molar-refractivity contribution >= 4 is 58.4 Å². The Kier molecular flexibility index (Phi) is 13.1. The van der Waals surface area contributed by atoms with Crippen molar-refractivity contribution in [3.63, 3.8) is 0 Å². The zero-order valence-electron chi connectivity index (χ0n) is 34.0. The Morgan fingerprint density at radius 2 is 1.68 bits per heavy atom. The summed E-state index contributed by atoms with van der Waals surface area (Å²) in [6.45, 7) is 11.9. The van der Waals surface area contributed by atoms with E-state index in [-0.39, 0.29) is 47.7 Å². The topological polar surface area (TPSA) is 156 Å². The molecule has 13 nitrogen and oxygen atoms in total. The predicted molar refractivity (Wildman–Crippen MR) is 220 cm³/mol. The van der Waals surface area contributed by atoms with Gasteiger partial charge in [-0.1, -0.05) is 60.9 Å². The number of oxime groups is 1. The van der Waals surface area contributed by atoms with Crippen LogP contribution in [0.4, 0.5) is 14.9 Å². The second-order valence-electron chi connectivity index (χ2n) is 16.2. The molecule has 59 heavy (non-hydrogen) atoms. The molecule has 0 unspecified atom stereocenters. The summed E-state index contributed by atoms with van der Waals surface area (Å²) in [6, 6.07) is 14.6. The molecule has 3 aliphatic rings. The molecule has 0 aromatic heterocycles. The van der Waals surface area contributed by atoms with E-state index in [2.05, 4.69) is 15.8 Å². The van der Waals surface area contributed by atoms with Crippen molar-refractivity contribution < 1.29 is 42.7 Å². The van der Waals surface area contributed by atoms with Crippen molar-refractivity contribution in [3.05, 3.63) is 105 Å². The number of hydrogen-bond donors (Lipinski definition) is 2. The predicted octanol–water partition coefficient (Wildman–Crippen LogP) is 7.08. The molecule has 3 aromatic carbocycles. The number of hydrogen-bond acceptors (Lipinski definition) is 9. The van der Waals surface area contributed by atoms with Gasteiger partial charge in [-0.25, -0.2) is 14.0 Å². The summed E-state index contributed by atoms with van der Waals surface area (Å²) in [7, 11) is 0. The van der Waals surface area contributed by atoms with E-state index in [1.165, 1.54) is 17.0 Å². The number of halogens is 2. The van der Waals surface area contributed by atoms with Crippen molar-refractivity contribution in [1.29, 1.82) is 0 Å². The van der Waals surface area contributed by atoms with Gasteiger partial charge in [-0.3, -0.25) is 14.4 Å². The number of benzene rings is 3. The molecule has 0 spiro atoms. The number of ether oxygens (including phenoxy) is 2. The van der Waals surface area contributed by atoms with E-state index in [1.807, 2.05) is 38.1 Å². The van der Waals surface area contributed by atoms with Crippen LogP contribution in [0.2, 0.25) is 5.02 Å². The Morgan fingerprint density at radius 1 is 0.966 bits per heavy atom. The zero-order valence-corrected chi connectivity index (χ0v) is 34.7. The monoisotopic (exact) mass is 829 g/mol. The smallest absolute Gasteiger partial charge is 0.408 e. The van der Waals surface area contributed by atoms with Crippen molar-refractivity contribution in [2.45, 2.75) is 84.6 Å². The average molecular weight is 830 g/mol. The summed E-state index contributed by atoms with van der Waals surface area (Å²) in [5.74, 6) is -2.21. The number of carbonyl (C=O) groups is 5. The maximum absolute atomic E-state index is 14.9. The van der Waals surface area contributed by atoms with Crippen LogP contribution < -0.4 is 10.6 Å². The molecular weight excluding hydrogens is 781 g/mol. The number of fused-ring (bicyclic) bond motifs is 1. The molecule has 0 radical (unpaired) electrons. The Bertz CT molecular complexity index is 2180. The second kappa shape index (κ2) is 18.0. The molecule has 3 heterocycles. The molecular formula is C44H49ClFN5O8. The number of alkyl carbamates (subject to hydrolysis) is 1. The summed E-state index contributed by atoms with van der Waals surface area (Å²) < 4.78 is 25.6. The maximum Gasteiger partial charge on any atom is 0.408 e. The molecule has 4 amide bonds. The lowest BCUT2D eigenvalue weighted by Gasteiger charge is -2.38. The first-order valence-electron chi connectivity index (χ1n) is 19.7. The Balaban J connectivity index is 1.24. The highest BCUT2D eigenvalue weighted by molar-refractivity contribution is 6.31. The number of anilines is 1. The van der Waals surface area contributed by atoms with Gasteiger partial charge in [0, 0.05) is 37.3 Å². The summed E-state index contributed by atoms with van der Waals surface area (Å²) >= 11 is 6.01. The normalized spacial score (nSPS) is 18.2. The minimum Gasteiger partial charge on any atom is -0.462 e. The number of esters is 1. The van der Waals surface area contributed by atoms with Crippen LogP contribution >= 0.6 is 11.6 Å². The number of nitrogens with one attached hydrogen (secondary N) is 2. The lowest BCUT2D eigenvalue weighted by atomic mass is 9.84. The molecule has 0 saturated carbocycles. The number of rotatable bonds is 10. The van der Waals surface area contributed by atoms with Crippen LogP contribution in [0.5, 0.6) is 0 Å². The van der Waals surface area contributed by atoms with Crippen LogP contribution in [0.3, 0.4) is 0 Å². The third-order valence-corrected chi connectivity index (χ3v) is 10.4. The molecule has 15 heteroatoms. The molecule has 0 bridgehead atoms. The quantitative estimate of drug-likeness (QED) is 0.206. The van der Waals surface area contributed by atoms with E-state index in [9.17, 15) is 28.4 Å². The second-order valence-corrected chi connectivity index (χ2v) is 16.6. The highest BCUT2D eigenvalue weighted by Crippen LogP contribution is 2.38. The van der Waals surface area contributed by atoms with Gasteiger partial charge in [0.2, 0.25) is 12.0 Å². The maximum atomic E-state index is 14.9. The fraction of sp³-hybridized carbons (Fsp3) is 0.409. The van der Waals surface area contributed by atoms with Crippen molar-refractivity contribution in [1.82, 2.24) is 15.1 Å². The first-order chi connectivity index (χ1) is 28.0. The van der Waals surface area contributed by atoms with Gasteiger partial charge in [-0.05, 0) is 105 Å². The molecule has 3 atom stereocenters. The minimum atomic E-state index is -1.11. The largest absolute Gasteiger partial charge is 0.462 e. The molecule has 3 aromatic rings. The molecule has 0 aliphatic carbocycles. The van der Waals surface area contributed by atoms with Crippen molar-refractivity contribution in [2.75, 3.05) is 31.6 Å².